The highest BCUT2D eigenvalue weighted by Crippen LogP contribution is 2.20. The van der Waals surface area contributed by atoms with Crippen LogP contribution in [0.5, 0.6) is 0 Å². The Balaban J connectivity index is 2.06. The number of rotatable bonds is 4. The summed E-state index contributed by atoms with van der Waals surface area (Å²) in [6, 6.07) is 5.24. The number of aromatic nitrogens is 3. The van der Waals surface area contributed by atoms with Gasteiger partial charge in [0.05, 0.1) is 23.8 Å². The monoisotopic (exact) mass is 385 g/mol. The third-order valence-corrected chi connectivity index (χ3v) is 4.44. The Morgan fingerprint density at radius 2 is 1.89 bits per heavy atom. The van der Waals surface area contributed by atoms with Gasteiger partial charge in [0.25, 0.3) is 0 Å². The zero-order chi connectivity index (χ0) is 20.6. The summed E-state index contributed by atoms with van der Waals surface area (Å²) in [6.07, 6.45) is 1.54. The van der Waals surface area contributed by atoms with Gasteiger partial charge in [0.2, 0.25) is 5.91 Å². The molecule has 28 heavy (non-hydrogen) atoms. The van der Waals surface area contributed by atoms with Crippen molar-refractivity contribution in [1.82, 2.24) is 19.4 Å². The van der Waals surface area contributed by atoms with Crippen molar-refractivity contribution >= 4 is 23.0 Å². The first-order chi connectivity index (χ1) is 13.1. The lowest BCUT2D eigenvalue weighted by Gasteiger charge is -2.28. The van der Waals surface area contributed by atoms with E-state index in [4.69, 9.17) is 10.2 Å². The summed E-state index contributed by atoms with van der Waals surface area (Å²) in [7, 11) is 0. The van der Waals surface area contributed by atoms with Crippen LogP contribution in [0.25, 0.3) is 11.0 Å². The lowest BCUT2D eigenvalue weighted by molar-refractivity contribution is -0.122. The predicted molar refractivity (Wildman–Crippen MR) is 103 cm³/mol. The highest BCUT2D eigenvalue weighted by Gasteiger charge is 2.32. The molecule has 2 heterocycles. The number of oxazole rings is 1. The number of amides is 2. The number of nitrogens with two attached hydrogens (primary N) is 1. The Morgan fingerprint density at radius 3 is 2.43 bits per heavy atom. The molecular formula is C19H23N5O4. The van der Waals surface area contributed by atoms with Crippen LogP contribution in [0, 0.1) is 12.3 Å². The molecule has 0 aliphatic carbocycles. The number of imidazole rings is 1. The maximum absolute atomic E-state index is 13.0. The molecule has 0 spiro atoms. The molecule has 0 saturated heterocycles. The van der Waals surface area contributed by atoms with E-state index in [2.05, 4.69) is 10.3 Å². The molecule has 0 fully saturated rings. The van der Waals surface area contributed by atoms with Crippen LogP contribution < -0.4 is 16.7 Å². The van der Waals surface area contributed by atoms with Gasteiger partial charge in [0, 0.05) is 6.92 Å². The SMILES string of the molecule is Cc1ncc(Cn2c(=O)n(C(=O)N[C@H](C(N)=O)C(C)(C)C)c3ccccc32)o1. The van der Waals surface area contributed by atoms with Crippen molar-refractivity contribution in [3.63, 3.8) is 0 Å². The van der Waals surface area contributed by atoms with Crippen molar-refractivity contribution in [2.45, 2.75) is 40.3 Å². The van der Waals surface area contributed by atoms with E-state index in [1.54, 1.807) is 52.0 Å². The second-order valence-electron chi connectivity index (χ2n) is 7.69. The number of nitrogens with zero attached hydrogens (tertiary/aromatic N) is 3. The molecule has 1 atom stereocenters. The molecular weight excluding hydrogens is 362 g/mol. The molecule has 0 saturated carbocycles. The van der Waals surface area contributed by atoms with Gasteiger partial charge in [0.1, 0.15) is 11.8 Å². The van der Waals surface area contributed by atoms with Crippen LogP contribution in [0.15, 0.2) is 39.7 Å². The van der Waals surface area contributed by atoms with E-state index in [1.807, 2.05) is 0 Å². The molecule has 9 heteroatoms. The average Bonchev–Trinajstić information content (AvgIpc) is 3.13. The number of fused-ring (bicyclic) bond motifs is 1. The molecule has 0 unspecified atom stereocenters. The molecule has 0 aliphatic heterocycles. The van der Waals surface area contributed by atoms with Gasteiger partial charge in [-0.15, -0.1) is 0 Å². The highest BCUT2D eigenvalue weighted by molar-refractivity contribution is 5.92. The maximum atomic E-state index is 13.0. The molecule has 0 radical (unpaired) electrons. The fourth-order valence-corrected chi connectivity index (χ4v) is 3.09. The van der Waals surface area contributed by atoms with E-state index >= 15 is 0 Å². The lowest BCUT2D eigenvalue weighted by atomic mass is 9.86. The van der Waals surface area contributed by atoms with E-state index in [0.717, 1.165) is 4.57 Å². The van der Waals surface area contributed by atoms with Gasteiger partial charge in [-0.25, -0.2) is 19.1 Å². The van der Waals surface area contributed by atoms with Gasteiger partial charge in [-0.2, -0.15) is 0 Å². The van der Waals surface area contributed by atoms with Crippen molar-refractivity contribution in [3.05, 3.63) is 52.6 Å². The van der Waals surface area contributed by atoms with E-state index in [-0.39, 0.29) is 6.54 Å². The number of para-hydroxylation sites is 2. The number of carbonyl (C=O) groups is 2. The summed E-state index contributed by atoms with van der Waals surface area (Å²) in [4.78, 5) is 41.8. The molecule has 2 amide bonds. The summed E-state index contributed by atoms with van der Waals surface area (Å²) in [5.74, 6) is 0.307. The number of carbonyl (C=O) groups excluding carboxylic acids is 2. The van der Waals surface area contributed by atoms with Crippen molar-refractivity contribution in [2.24, 2.45) is 11.1 Å². The van der Waals surface area contributed by atoms with E-state index in [0.29, 0.717) is 22.7 Å². The summed E-state index contributed by atoms with van der Waals surface area (Å²) in [6.45, 7) is 7.17. The van der Waals surface area contributed by atoms with E-state index in [9.17, 15) is 14.4 Å². The predicted octanol–water partition coefficient (Wildman–Crippen LogP) is 1.61. The minimum atomic E-state index is -0.939. The summed E-state index contributed by atoms with van der Waals surface area (Å²) in [5.41, 5.74) is 5.26. The van der Waals surface area contributed by atoms with Gasteiger partial charge in [0.15, 0.2) is 5.89 Å². The van der Waals surface area contributed by atoms with Gasteiger partial charge in [-0.1, -0.05) is 32.9 Å². The van der Waals surface area contributed by atoms with Crippen LogP contribution in [0.3, 0.4) is 0 Å². The zero-order valence-electron chi connectivity index (χ0n) is 16.2. The number of primary amides is 1. The van der Waals surface area contributed by atoms with Crippen molar-refractivity contribution in [2.75, 3.05) is 0 Å². The van der Waals surface area contributed by atoms with Gasteiger partial charge in [-0.05, 0) is 17.5 Å². The van der Waals surface area contributed by atoms with Crippen LogP contribution in [0.2, 0.25) is 0 Å². The third kappa shape index (κ3) is 3.55. The Morgan fingerprint density at radius 1 is 1.25 bits per heavy atom. The Bertz CT molecular complexity index is 1100. The molecule has 3 aromatic rings. The number of aryl methyl sites for hydroxylation is 1. The van der Waals surface area contributed by atoms with Gasteiger partial charge < -0.3 is 15.5 Å². The van der Waals surface area contributed by atoms with E-state index < -0.39 is 29.1 Å². The molecule has 0 bridgehead atoms. The number of hydrogen-bond acceptors (Lipinski definition) is 5. The second kappa shape index (κ2) is 6.99. The van der Waals surface area contributed by atoms with Crippen LogP contribution >= 0.6 is 0 Å². The number of hydrogen-bond donors (Lipinski definition) is 2. The number of benzene rings is 1. The fraction of sp³-hybridized carbons (Fsp3) is 0.368. The average molecular weight is 385 g/mol. The van der Waals surface area contributed by atoms with Crippen molar-refractivity contribution in [3.8, 4) is 0 Å². The van der Waals surface area contributed by atoms with Gasteiger partial charge >= 0.3 is 11.7 Å². The van der Waals surface area contributed by atoms with E-state index in [1.165, 1.54) is 10.8 Å². The second-order valence-corrected chi connectivity index (χ2v) is 7.69. The van der Waals surface area contributed by atoms with Crippen LogP contribution in [-0.4, -0.2) is 32.1 Å². The van der Waals surface area contributed by atoms with Crippen LogP contribution in [0.1, 0.15) is 32.4 Å². The Hall–Kier alpha value is -3.36. The molecule has 0 aliphatic rings. The molecule has 3 rings (SSSR count). The minimum absolute atomic E-state index is 0.124. The Labute approximate surface area is 161 Å². The summed E-state index contributed by atoms with van der Waals surface area (Å²) in [5, 5.41) is 2.59. The standard InChI is InChI=1S/C19H23N5O4/c1-11-21-9-12(28-11)10-23-13-7-5-6-8-14(13)24(18(23)27)17(26)22-15(16(20)25)19(2,3)4/h5-9,15H,10H2,1-4H3,(H2,20,25)(H,22,26)/t15-/m1/s1. The highest BCUT2D eigenvalue weighted by atomic mass is 16.4. The van der Waals surface area contributed by atoms with Crippen LogP contribution in [-0.2, 0) is 11.3 Å². The Kier molecular flexibility index (Phi) is 4.84. The first kappa shape index (κ1) is 19.4. The quantitative estimate of drug-likeness (QED) is 0.706. The molecule has 9 nitrogen and oxygen atoms in total. The largest absolute Gasteiger partial charge is 0.444 e. The minimum Gasteiger partial charge on any atom is -0.444 e. The normalized spacial score (nSPS) is 12.9. The molecule has 3 N–H and O–H groups in total. The molecule has 1 aromatic carbocycles. The third-order valence-electron chi connectivity index (χ3n) is 4.44. The topological polar surface area (TPSA) is 125 Å². The summed E-state index contributed by atoms with van der Waals surface area (Å²) < 4.78 is 7.88. The van der Waals surface area contributed by atoms with Crippen molar-refractivity contribution in [1.29, 1.82) is 0 Å². The first-order valence-corrected chi connectivity index (χ1v) is 8.81. The molecule has 148 valence electrons. The maximum Gasteiger partial charge on any atom is 0.337 e. The zero-order valence-corrected chi connectivity index (χ0v) is 16.2. The first-order valence-electron chi connectivity index (χ1n) is 8.81. The molecule has 2 aromatic heterocycles. The van der Waals surface area contributed by atoms with Crippen molar-refractivity contribution < 1.29 is 14.0 Å². The summed E-state index contributed by atoms with van der Waals surface area (Å²) >= 11 is 0. The number of nitrogens with one attached hydrogen (secondary N) is 1. The fourth-order valence-electron chi connectivity index (χ4n) is 3.09. The van der Waals surface area contributed by atoms with Gasteiger partial charge in [-0.3, -0.25) is 9.36 Å². The smallest absolute Gasteiger partial charge is 0.337 e. The van der Waals surface area contributed by atoms with Crippen LogP contribution in [0.4, 0.5) is 4.79 Å². The lowest BCUT2D eigenvalue weighted by Crippen LogP contribution is -2.54.